The first-order valence-electron chi connectivity index (χ1n) is 8.44. The first kappa shape index (κ1) is 19.9. The Balaban J connectivity index is 2.12. The number of carbonyl (C=O) groups is 2. The molecule has 5 nitrogen and oxygen atoms in total. The van der Waals surface area contributed by atoms with Gasteiger partial charge < -0.3 is 9.47 Å². The third kappa shape index (κ3) is 5.05. The zero-order valence-corrected chi connectivity index (χ0v) is 15.8. The van der Waals surface area contributed by atoms with Crippen LogP contribution in [-0.2, 0) is 9.53 Å². The molecule has 2 rings (SSSR count). The molecule has 0 spiro atoms. The first-order chi connectivity index (χ1) is 12.8. The molecule has 0 N–H and O–H groups in total. The molecular formula is C22H21NO4. The third-order valence-electron chi connectivity index (χ3n) is 4.21. The summed E-state index contributed by atoms with van der Waals surface area (Å²) in [6, 6.07) is 14.0. The average molecular weight is 363 g/mol. The standard InChI is InChI=1S/C22H21NO4/c1-14-5-8-18(11-15(14)2)21(24)16(3)27-22(25)19(13-23)12-17-6-9-20(26-4)10-7-17/h5-12,16H,1-4H3/b19-12+/t16-/m0/s1. The second kappa shape index (κ2) is 8.81. The van der Waals surface area contributed by atoms with E-state index in [4.69, 9.17) is 9.47 Å². The molecule has 27 heavy (non-hydrogen) atoms. The Labute approximate surface area is 158 Å². The van der Waals surface area contributed by atoms with Gasteiger partial charge in [0.25, 0.3) is 0 Å². The molecule has 0 heterocycles. The molecule has 0 amide bonds. The maximum atomic E-state index is 12.5. The molecular weight excluding hydrogens is 342 g/mol. The molecule has 0 aliphatic carbocycles. The minimum atomic E-state index is -0.993. The number of nitriles is 1. The number of benzene rings is 2. The second-order valence-electron chi connectivity index (χ2n) is 6.15. The number of methoxy groups -OCH3 is 1. The Kier molecular flexibility index (Phi) is 6.51. The molecule has 2 aromatic carbocycles. The smallest absolute Gasteiger partial charge is 0.349 e. The van der Waals surface area contributed by atoms with Gasteiger partial charge in [0.15, 0.2) is 6.10 Å². The number of aryl methyl sites for hydroxylation is 2. The SMILES string of the molecule is COc1ccc(/C=C(\C#N)C(=O)O[C@@H](C)C(=O)c2ccc(C)c(C)c2)cc1. The normalized spacial score (nSPS) is 12.0. The predicted molar refractivity (Wildman–Crippen MR) is 102 cm³/mol. The van der Waals surface area contributed by atoms with E-state index in [0.29, 0.717) is 16.9 Å². The highest BCUT2D eigenvalue weighted by Crippen LogP contribution is 2.16. The molecule has 0 radical (unpaired) electrons. The van der Waals surface area contributed by atoms with E-state index in [1.54, 1.807) is 43.5 Å². The maximum absolute atomic E-state index is 12.5. The number of rotatable bonds is 6. The zero-order valence-electron chi connectivity index (χ0n) is 15.8. The van der Waals surface area contributed by atoms with Crippen molar-refractivity contribution in [1.82, 2.24) is 0 Å². The highest BCUT2D eigenvalue weighted by molar-refractivity contribution is 6.03. The van der Waals surface area contributed by atoms with Crippen molar-refractivity contribution in [3.8, 4) is 11.8 Å². The molecule has 5 heteroatoms. The largest absolute Gasteiger partial charge is 0.497 e. The van der Waals surface area contributed by atoms with E-state index in [1.165, 1.54) is 13.0 Å². The number of hydrogen-bond acceptors (Lipinski definition) is 5. The van der Waals surface area contributed by atoms with Crippen molar-refractivity contribution in [1.29, 1.82) is 5.26 Å². The summed E-state index contributed by atoms with van der Waals surface area (Å²) in [6.45, 7) is 5.36. The lowest BCUT2D eigenvalue weighted by Gasteiger charge is -2.13. The number of Topliss-reactive ketones (excluding diaryl/α,β-unsaturated/α-hetero) is 1. The number of ether oxygens (including phenoxy) is 2. The summed E-state index contributed by atoms with van der Waals surface area (Å²) in [5, 5.41) is 9.27. The number of ketones is 1. The Morgan fingerprint density at radius 2 is 1.74 bits per heavy atom. The van der Waals surface area contributed by atoms with Crippen LogP contribution >= 0.6 is 0 Å². The Bertz CT molecular complexity index is 920. The lowest BCUT2D eigenvalue weighted by atomic mass is 10.0. The summed E-state index contributed by atoms with van der Waals surface area (Å²) in [5.74, 6) is -0.480. The van der Waals surface area contributed by atoms with Gasteiger partial charge in [-0.3, -0.25) is 4.79 Å². The van der Waals surface area contributed by atoms with Gasteiger partial charge in [-0.25, -0.2) is 4.79 Å². The molecule has 0 aromatic heterocycles. The molecule has 1 atom stereocenters. The van der Waals surface area contributed by atoms with Crippen molar-refractivity contribution in [2.75, 3.05) is 7.11 Å². The summed E-state index contributed by atoms with van der Waals surface area (Å²) in [6.07, 6.45) is 0.418. The molecule has 0 bridgehead atoms. The van der Waals surface area contributed by atoms with Crippen molar-refractivity contribution >= 4 is 17.8 Å². The van der Waals surface area contributed by atoms with Crippen molar-refractivity contribution in [3.63, 3.8) is 0 Å². The lowest BCUT2D eigenvalue weighted by molar-refractivity contribution is -0.141. The number of nitrogens with zero attached hydrogens (tertiary/aromatic N) is 1. The van der Waals surface area contributed by atoms with Gasteiger partial charge in [-0.2, -0.15) is 5.26 Å². The fraction of sp³-hybridized carbons (Fsp3) is 0.227. The van der Waals surface area contributed by atoms with Crippen LogP contribution in [0.2, 0.25) is 0 Å². The van der Waals surface area contributed by atoms with Crippen LogP contribution in [0.1, 0.15) is 34.0 Å². The Morgan fingerprint density at radius 1 is 1.07 bits per heavy atom. The summed E-state index contributed by atoms with van der Waals surface area (Å²) < 4.78 is 10.3. The van der Waals surface area contributed by atoms with E-state index in [9.17, 15) is 14.9 Å². The monoisotopic (exact) mass is 363 g/mol. The van der Waals surface area contributed by atoms with Gasteiger partial charge in [-0.15, -0.1) is 0 Å². The molecule has 0 saturated heterocycles. The van der Waals surface area contributed by atoms with Gasteiger partial charge in [-0.05, 0) is 61.7 Å². The number of esters is 1. The van der Waals surface area contributed by atoms with Crippen LogP contribution < -0.4 is 4.74 Å². The molecule has 0 unspecified atom stereocenters. The lowest BCUT2D eigenvalue weighted by Crippen LogP contribution is -2.25. The van der Waals surface area contributed by atoms with Crippen LogP contribution in [0, 0.1) is 25.2 Å². The number of hydrogen-bond donors (Lipinski definition) is 0. The Morgan fingerprint density at radius 3 is 2.30 bits per heavy atom. The Hall–Kier alpha value is -3.39. The van der Waals surface area contributed by atoms with Gasteiger partial charge in [-0.1, -0.05) is 24.3 Å². The van der Waals surface area contributed by atoms with Crippen molar-refractivity contribution in [2.24, 2.45) is 0 Å². The van der Waals surface area contributed by atoms with E-state index in [0.717, 1.165) is 11.1 Å². The van der Waals surface area contributed by atoms with Crippen LogP contribution in [0.25, 0.3) is 6.08 Å². The van der Waals surface area contributed by atoms with Gasteiger partial charge in [0, 0.05) is 5.56 Å². The maximum Gasteiger partial charge on any atom is 0.349 e. The molecule has 0 fully saturated rings. The molecule has 2 aromatic rings. The van der Waals surface area contributed by atoms with E-state index >= 15 is 0 Å². The summed E-state index contributed by atoms with van der Waals surface area (Å²) >= 11 is 0. The summed E-state index contributed by atoms with van der Waals surface area (Å²) in [7, 11) is 1.55. The van der Waals surface area contributed by atoms with Crippen molar-refractivity contribution in [3.05, 3.63) is 70.3 Å². The van der Waals surface area contributed by atoms with E-state index in [-0.39, 0.29) is 11.4 Å². The van der Waals surface area contributed by atoms with E-state index < -0.39 is 12.1 Å². The van der Waals surface area contributed by atoms with Crippen molar-refractivity contribution < 1.29 is 19.1 Å². The molecule has 0 saturated carbocycles. The molecule has 0 aliphatic rings. The van der Waals surface area contributed by atoms with E-state index in [2.05, 4.69) is 0 Å². The highest BCUT2D eigenvalue weighted by Gasteiger charge is 2.22. The van der Waals surface area contributed by atoms with E-state index in [1.807, 2.05) is 26.0 Å². The molecule has 138 valence electrons. The van der Waals surface area contributed by atoms with Gasteiger partial charge >= 0.3 is 5.97 Å². The fourth-order valence-corrected chi connectivity index (χ4v) is 2.41. The summed E-state index contributed by atoms with van der Waals surface area (Å²) in [5.41, 5.74) is 3.00. The van der Waals surface area contributed by atoms with Gasteiger partial charge in [0.05, 0.1) is 7.11 Å². The quantitative estimate of drug-likeness (QED) is 0.335. The van der Waals surface area contributed by atoms with Crippen LogP contribution in [0.4, 0.5) is 0 Å². The van der Waals surface area contributed by atoms with Gasteiger partial charge in [0.2, 0.25) is 5.78 Å². The third-order valence-corrected chi connectivity index (χ3v) is 4.21. The van der Waals surface area contributed by atoms with Gasteiger partial charge in [0.1, 0.15) is 17.4 Å². The zero-order chi connectivity index (χ0) is 20.0. The van der Waals surface area contributed by atoms with Crippen molar-refractivity contribution in [2.45, 2.75) is 26.9 Å². The number of carbonyl (C=O) groups excluding carboxylic acids is 2. The minimum absolute atomic E-state index is 0.181. The highest BCUT2D eigenvalue weighted by atomic mass is 16.5. The second-order valence-corrected chi connectivity index (χ2v) is 6.15. The minimum Gasteiger partial charge on any atom is -0.497 e. The fourth-order valence-electron chi connectivity index (χ4n) is 2.41. The summed E-state index contributed by atoms with van der Waals surface area (Å²) in [4.78, 5) is 24.8. The van der Waals surface area contributed by atoms with Crippen LogP contribution in [0.5, 0.6) is 5.75 Å². The predicted octanol–water partition coefficient (Wildman–Crippen LogP) is 4.03. The topological polar surface area (TPSA) is 76.4 Å². The average Bonchev–Trinajstić information content (AvgIpc) is 2.67. The van der Waals surface area contributed by atoms with Crippen LogP contribution in [0.15, 0.2) is 48.0 Å². The van der Waals surface area contributed by atoms with Crippen LogP contribution in [0.3, 0.4) is 0 Å². The first-order valence-corrected chi connectivity index (χ1v) is 8.44. The van der Waals surface area contributed by atoms with Crippen LogP contribution in [-0.4, -0.2) is 25.0 Å². The molecule has 0 aliphatic heterocycles.